The molecular weight excluding hydrogens is 386 g/mol. The molecular formula is C21H18ClN7. The van der Waals surface area contributed by atoms with Crippen LogP contribution in [-0.2, 0) is 13.1 Å². The Morgan fingerprint density at radius 2 is 1.93 bits per heavy atom. The quantitative estimate of drug-likeness (QED) is 0.423. The highest BCUT2D eigenvalue weighted by Gasteiger charge is 2.14. The molecule has 0 saturated carbocycles. The van der Waals surface area contributed by atoms with Gasteiger partial charge >= 0.3 is 0 Å². The van der Waals surface area contributed by atoms with Gasteiger partial charge in [0.05, 0.1) is 18.4 Å². The number of rotatable bonds is 4. The van der Waals surface area contributed by atoms with Gasteiger partial charge in [0.1, 0.15) is 11.8 Å². The monoisotopic (exact) mass is 403 g/mol. The lowest BCUT2D eigenvalue weighted by atomic mass is 10.00. The predicted octanol–water partition coefficient (Wildman–Crippen LogP) is 3.72. The Morgan fingerprint density at radius 1 is 1.07 bits per heavy atom. The molecule has 0 spiro atoms. The topological polar surface area (TPSA) is 111 Å². The second-order valence-electron chi connectivity index (χ2n) is 6.88. The lowest BCUT2D eigenvalue weighted by Crippen LogP contribution is -2.02. The Kier molecular flexibility index (Phi) is 4.19. The molecule has 5 N–H and O–H groups in total. The maximum atomic E-state index is 6.46. The van der Waals surface area contributed by atoms with Crippen molar-refractivity contribution in [3.63, 3.8) is 0 Å². The first-order valence-electron chi connectivity index (χ1n) is 9.15. The molecule has 0 aliphatic rings. The van der Waals surface area contributed by atoms with Gasteiger partial charge in [0.15, 0.2) is 11.5 Å². The molecule has 29 heavy (non-hydrogen) atoms. The molecule has 0 aliphatic carbocycles. The number of H-pyrrole nitrogens is 1. The third kappa shape index (κ3) is 3.00. The molecule has 8 heteroatoms. The van der Waals surface area contributed by atoms with Crippen LogP contribution in [0.25, 0.3) is 33.2 Å². The van der Waals surface area contributed by atoms with Crippen molar-refractivity contribution >= 4 is 39.5 Å². The predicted molar refractivity (Wildman–Crippen MR) is 115 cm³/mol. The van der Waals surface area contributed by atoms with Crippen LogP contribution in [0.2, 0.25) is 5.02 Å². The van der Waals surface area contributed by atoms with Gasteiger partial charge in [0, 0.05) is 28.2 Å². The summed E-state index contributed by atoms with van der Waals surface area (Å²) < 4.78 is 1.96. The number of nitrogens with two attached hydrogens (primary N) is 2. The molecule has 0 atom stereocenters. The van der Waals surface area contributed by atoms with E-state index in [0.29, 0.717) is 35.1 Å². The van der Waals surface area contributed by atoms with E-state index in [1.807, 2.05) is 28.8 Å². The maximum Gasteiger partial charge on any atom is 0.165 e. The van der Waals surface area contributed by atoms with Crippen LogP contribution in [0.1, 0.15) is 11.3 Å². The van der Waals surface area contributed by atoms with Gasteiger partial charge < -0.3 is 21.0 Å². The van der Waals surface area contributed by atoms with Crippen molar-refractivity contribution in [2.24, 2.45) is 5.73 Å². The molecule has 5 aromatic rings. The van der Waals surface area contributed by atoms with Gasteiger partial charge in [-0.3, -0.25) is 0 Å². The van der Waals surface area contributed by atoms with E-state index in [9.17, 15) is 0 Å². The van der Waals surface area contributed by atoms with Crippen molar-refractivity contribution in [3.8, 4) is 11.1 Å². The van der Waals surface area contributed by atoms with Crippen LogP contribution in [0.4, 0.5) is 5.82 Å². The molecule has 3 aromatic heterocycles. The SMILES string of the molecule is NCc1cc2cc(-c3ccccc3Cl)cc(Cn3cnc4c(N)ncnc43)c2[nH]1. The Balaban J connectivity index is 1.70. The number of anilines is 1. The van der Waals surface area contributed by atoms with Crippen molar-refractivity contribution in [2.75, 3.05) is 5.73 Å². The number of aromatic amines is 1. The summed E-state index contributed by atoms with van der Waals surface area (Å²) in [5.74, 6) is 0.369. The van der Waals surface area contributed by atoms with Gasteiger partial charge in [-0.2, -0.15) is 0 Å². The fourth-order valence-corrected chi connectivity index (χ4v) is 3.91. The number of hydrogen-bond acceptors (Lipinski definition) is 5. The van der Waals surface area contributed by atoms with Crippen molar-refractivity contribution in [1.29, 1.82) is 0 Å². The van der Waals surface area contributed by atoms with Crippen LogP contribution in [0, 0.1) is 0 Å². The maximum absolute atomic E-state index is 6.46. The molecule has 0 unspecified atom stereocenters. The van der Waals surface area contributed by atoms with E-state index in [1.54, 1.807) is 6.33 Å². The number of benzene rings is 2. The van der Waals surface area contributed by atoms with Gasteiger partial charge in [0.2, 0.25) is 0 Å². The van der Waals surface area contributed by atoms with Crippen LogP contribution in [0.5, 0.6) is 0 Å². The van der Waals surface area contributed by atoms with Gasteiger partial charge in [0.25, 0.3) is 0 Å². The molecule has 7 nitrogen and oxygen atoms in total. The van der Waals surface area contributed by atoms with Crippen molar-refractivity contribution in [1.82, 2.24) is 24.5 Å². The summed E-state index contributed by atoms with van der Waals surface area (Å²) in [5.41, 5.74) is 18.2. The highest BCUT2D eigenvalue weighted by molar-refractivity contribution is 6.33. The number of nitrogens with zero attached hydrogens (tertiary/aromatic N) is 4. The zero-order chi connectivity index (χ0) is 20.0. The molecule has 5 rings (SSSR count). The number of nitrogens with one attached hydrogen (secondary N) is 1. The van der Waals surface area contributed by atoms with E-state index in [1.165, 1.54) is 6.33 Å². The first-order chi connectivity index (χ1) is 14.1. The number of fused-ring (bicyclic) bond motifs is 2. The first-order valence-corrected chi connectivity index (χ1v) is 9.52. The first kappa shape index (κ1) is 17.7. The number of halogens is 1. The van der Waals surface area contributed by atoms with E-state index in [0.717, 1.165) is 33.3 Å². The van der Waals surface area contributed by atoms with Crippen molar-refractivity contribution in [3.05, 3.63) is 71.4 Å². The summed E-state index contributed by atoms with van der Waals surface area (Å²) in [4.78, 5) is 16.2. The molecule has 0 radical (unpaired) electrons. The Labute approximate surface area is 171 Å². The minimum atomic E-state index is 0.369. The minimum absolute atomic E-state index is 0.369. The van der Waals surface area contributed by atoms with E-state index >= 15 is 0 Å². The van der Waals surface area contributed by atoms with E-state index in [-0.39, 0.29) is 0 Å². The summed E-state index contributed by atoms with van der Waals surface area (Å²) in [7, 11) is 0. The lowest BCUT2D eigenvalue weighted by Gasteiger charge is -2.11. The molecule has 0 saturated heterocycles. The van der Waals surface area contributed by atoms with Gasteiger partial charge in [-0.1, -0.05) is 29.8 Å². The normalized spacial score (nSPS) is 11.5. The van der Waals surface area contributed by atoms with Crippen LogP contribution in [0.3, 0.4) is 0 Å². The highest BCUT2D eigenvalue weighted by atomic mass is 35.5. The third-order valence-electron chi connectivity index (χ3n) is 5.04. The minimum Gasteiger partial charge on any atom is -0.382 e. The average molecular weight is 404 g/mol. The fourth-order valence-electron chi connectivity index (χ4n) is 3.66. The standard InChI is InChI=1S/C21H18ClN7/c22-17-4-2-1-3-16(17)12-5-13-7-15(8-23)28-18(13)14(6-12)9-29-11-27-19-20(24)25-10-26-21(19)29/h1-7,10-11,28H,8-9,23H2,(H2,24,25,26). The van der Waals surface area contributed by atoms with Gasteiger partial charge in [-0.15, -0.1) is 0 Å². The van der Waals surface area contributed by atoms with Crippen molar-refractivity contribution in [2.45, 2.75) is 13.1 Å². The van der Waals surface area contributed by atoms with E-state index in [2.05, 4.69) is 38.1 Å². The number of hydrogen-bond donors (Lipinski definition) is 3. The molecule has 0 fully saturated rings. The van der Waals surface area contributed by atoms with Crippen LogP contribution in [0.15, 0.2) is 55.1 Å². The smallest absolute Gasteiger partial charge is 0.165 e. The zero-order valence-corrected chi connectivity index (χ0v) is 16.2. The van der Waals surface area contributed by atoms with Crippen LogP contribution < -0.4 is 11.5 Å². The number of nitrogen functional groups attached to an aromatic ring is 1. The molecule has 0 amide bonds. The van der Waals surface area contributed by atoms with Crippen LogP contribution >= 0.6 is 11.6 Å². The molecule has 3 heterocycles. The summed E-state index contributed by atoms with van der Waals surface area (Å²) in [6.07, 6.45) is 3.18. The highest BCUT2D eigenvalue weighted by Crippen LogP contribution is 2.33. The Hall–Kier alpha value is -3.42. The number of imidazole rings is 1. The third-order valence-corrected chi connectivity index (χ3v) is 5.37. The second-order valence-corrected chi connectivity index (χ2v) is 7.29. The largest absolute Gasteiger partial charge is 0.382 e. The summed E-state index contributed by atoms with van der Waals surface area (Å²) >= 11 is 6.46. The summed E-state index contributed by atoms with van der Waals surface area (Å²) in [6, 6.07) is 14.2. The second kappa shape index (κ2) is 6.88. The van der Waals surface area contributed by atoms with Gasteiger partial charge in [-0.05, 0) is 35.4 Å². The molecule has 0 bridgehead atoms. The number of aromatic nitrogens is 5. The molecule has 144 valence electrons. The summed E-state index contributed by atoms with van der Waals surface area (Å²) in [5, 5.41) is 1.79. The Bertz CT molecular complexity index is 1350. The average Bonchev–Trinajstić information content (AvgIpc) is 3.33. The lowest BCUT2D eigenvalue weighted by molar-refractivity contribution is 0.817. The molecule has 0 aliphatic heterocycles. The van der Waals surface area contributed by atoms with Gasteiger partial charge in [-0.25, -0.2) is 15.0 Å². The molecule has 2 aromatic carbocycles. The van der Waals surface area contributed by atoms with Crippen LogP contribution in [-0.4, -0.2) is 24.5 Å². The summed E-state index contributed by atoms with van der Waals surface area (Å²) in [6.45, 7) is 1.000. The Morgan fingerprint density at radius 3 is 2.76 bits per heavy atom. The van der Waals surface area contributed by atoms with E-state index in [4.69, 9.17) is 23.1 Å². The van der Waals surface area contributed by atoms with E-state index < -0.39 is 0 Å². The van der Waals surface area contributed by atoms with Crippen molar-refractivity contribution < 1.29 is 0 Å². The zero-order valence-electron chi connectivity index (χ0n) is 15.4. The fraction of sp³-hybridized carbons (Fsp3) is 0.0952.